The van der Waals surface area contributed by atoms with Crippen LogP contribution in [0, 0.1) is 5.92 Å². The van der Waals surface area contributed by atoms with Crippen molar-refractivity contribution in [3.8, 4) is 0 Å². The summed E-state index contributed by atoms with van der Waals surface area (Å²) in [7, 11) is -4.18. The molecule has 1 aliphatic carbocycles. The highest BCUT2D eigenvalue weighted by molar-refractivity contribution is 7.90. The molecule has 2 aromatic rings. The van der Waals surface area contributed by atoms with Crippen LogP contribution in [0.15, 0.2) is 53.4 Å². The Morgan fingerprint density at radius 2 is 1.83 bits per heavy atom. The van der Waals surface area contributed by atoms with Gasteiger partial charge in [-0.1, -0.05) is 31.2 Å². The van der Waals surface area contributed by atoms with Crippen LogP contribution in [0.2, 0.25) is 0 Å². The molecule has 0 radical (unpaired) electrons. The zero-order valence-electron chi connectivity index (χ0n) is 19.8. The van der Waals surface area contributed by atoms with E-state index >= 15 is 0 Å². The van der Waals surface area contributed by atoms with Gasteiger partial charge in [0.1, 0.15) is 11.8 Å². The molecule has 9 nitrogen and oxygen atoms in total. The van der Waals surface area contributed by atoms with E-state index in [4.69, 9.17) is 0 Å². The summed E-state index contributed by atoms with van der Waals surface area (Å²) in [6, 6.07) is 12.0. The van der Waals surface area contributed by atoms with Gasteiger partial charge in [0, 0.05) is 6.04 Å². The summed E-state index contributed by atoms with van der Waals surface area (Å²) in [4.78, 5) is 38.7. The molecule has 0 aromatic heterocycles. The number of carbonyl (C=O) groups excluding carboxylic acids is 3. The number of nitrogens with zero attached hydrogens (tertiary/aromatic N) is 1. The number of hydrogen-bond acceptors (Lipinski definition) is 6. The molecule has 2 aromatic carbocycles. The lowest BCUT2D eigenvalue weighted by molar-refractivity contribution is -0.112. The molecule has 0 saturated heterocycles. The highest BCUT2D eigenvalue weighted by Gasteiger charge is 2.38. The topological polar surface area (TPSA) is 125 Å². The van der Waals surface area contributed by atoms with Crippen molar-refractivity contribution in [2.45, 2.75) is 56.0 Å². The number of fused-ring (bicyclic) bond motifs is 1. The van der Waals surface area contributed by atoms with Gasteiger partial charge in [0.25, 0.3) is 15.9 Å². The summed E-state index contributed by atoms with van der Waals surface area (Å²) in [5.74, 6) is 0.360. The molecule has 1 heterocycles. The standard InChI is InChI=1S/C25H30N4O5S/c1-17-10-12-19(13-11-17)27-24(32)28-35(33,34)20-7-5-6-18(14-20)25(2,15-30)29-16-26-23(31)21-8-3-4-9-22(21)29/h3-9,14-15,17,19H,10-13,16H2,1-2H3,(H,26,31)(H2,27,28,32). The largest absolute Gasteiger partial charge is 0.337 e. The predicted octanol–water partition coefficient (Wildman–Crippen LogP) is 2.87. The Kier molecular flexibility index (Phi) is 6.84. The van der Waals surface area contributed by atoms with Gasteiger partial charge >= 0.3 is 6.03 Å². The average Bonchev–Trinajstić information content (AvgIpc) is 2.85. The van der Waals surface area contributed by atoms with Crippen molar-refractivity contribution in [2.75, 3.05) is 11.6 Å². The fraction of sp³-hybridized carbons (Fsp3) is 0.400. The number of hydrogen-bond donors (Lipinski definition) is 3. The maximum atomic E-state index is 13.0. The van der Waals surface area contributed by atoms with Crippen LogP contribution >= 0.6 is 0 Å². The van der Waals surface area contributed by atoms with E-state index in [1.54, 1.807) is 42.2 Å². The quantitative estimate of drug-likeness (QED) is 0.526. The Hall–Kier alpha value is -3.40. The Balaban J connectivity index is 1.57. The van der Waals surface area contributed by atoms with Crippen molar-refractivity contribution < 1.29 is 22.8 Å². The molecule has 2 aliphatic rings. The number of aldehydes is 1. The van der Waals surface area contributed by atoms with Gasteiger partial charge in [0.15, 0.2) is 0 Å². The van der Waals surface area contributed by atoms with Crippen molar-refractivity contribution in [2.24, 2.45) is 5.92 Å². The molecule has 4 rings (SSSR count). The molecule has 1 saturated carbocycles. The van der Waals surface area contributed by atoms with Gasteiger partial charge in [-0.2, -0.15) is 0 Å². The van der Waals surface area contributed by atoms with Crippen molar-refractivity contribution in [3.05, 3.63) is 59.7 Å². The average molecular weight is 499 g/mol. The molecule has 0 bridgehead atoms. The number of carbonyl (C=O) groups is 3. The van der Waals surface area contributed by atoms with Gasteiger partial charge < -0.3 is 20.3 Å². The van der Waals surface area contributed by atoms with Gasteiger partial charge in [0.2, 0.25) is 0 Å². The second-order valence-electron chi connectivity index (χ2n) is 9.44. The number of para-hydroxylation sites is 1. The summed E-state index contributed by atoms with van der Waals surface area (Å²) in [6.45, 7) is 3.89. The smallest absolute Gasteiger partial charge is 0.328 e. The molecule has 1 aliphatic heterocycles. The number of anilines is 1. The predicted molar refractivity (Wildman–Crippen MR) is 131 cm³/mol. The molecular formula is C25H30N4O5S. The molecule has 0 spiro atoms. The molecule has 3 N–H and O–H groups in total. The Bertz CT molecular complexity index is 1240. The van der Waals surface area contributed by atoms with Gasteiger partial charge in [-0.15, -0.1) is 0 Å². The first-order valence-electron chi connectivity index (χ1n) is 11.7. The molecule has 35 heavy (non-hydrogen) atoms. The molecule has 10 heteroatoms. The van der Waals surface area contributed by atoms with E-state index < -0.39 is 21.6 Å². The Labute approximate surface area is 205 Å². The van der Waals surface area contributed by atoms with Gasteiger partial charge in [-0.25, -0.2) is 17.9 Å². The van der Waals surface area contributed by atoms with Crippen molar-refractivity contribution in [3.63, 3.8) is 0 Å². The van der Waals surface area contributed by atoms with Crippen LogP contribution in [0.5, 0.6) is 0 Å². The monoisotopic (exact) mass is 498 g/mol. The Morgan fingerprint density at radius 3 is 2.54 bits per heavy atom. The van der Waals surface area contributed by atoms with Crippen LogP contribution in [0.25, 0.3) is 0 Å². The maximum Gasteiger partial charge on any atom is 0.328 e. The van der Waals surface area contributed by atoms with Crippen molar-refractivity contribution >= 4 is 33.9 Å². The third kappa shape index (κ3) is 5.02. The van der Waals surface area contributed by atoms with Gasteiger partial charge in [-0.05, 0) is 68.4 Å². The minimum Gasteiger partial charge on any atom is -0.337 e. The van der Waals surface area contributed by atoms with E-state index in [2.05, 4.69) is 22.3 Å². The van der Waals surface area contributed by atoms with E-state index in [-0.39, 0.29) is 23.5 Å². The molecule has 1 unspecified atom stereocenters. The third-order valence-corrected chi connectivity index (χ3v) is 8.26. The zero-order valence-corrected chi connectivity index (χ0v) is 20.6. The number of nitrogens with one attached hydrogen (secondary N) is 3. The first-order valence-corrected chi connectivity index (χ1v) is 13.2. The summed E-state index contributed by atoms with van der Waals surface area (Å²) >= 11 is 0. The summed E-state index contributed by atoms with van der Waals surface area (Å²) in [6.07, 6.45) is 4.33. The zero-order chi connectivity index (χ0) is 25.2. The number of sulfonamides is 1. The van der Waals surface area contributed by atoms with E-state index in [1.165, 1.54) is 18.2 Å². The van der Waals surface area contributed by atoms with E-state index in [0.717, 1.165) is 32.0 Å². The number of amides is 3. The normalized spacial score (nSPS) is 21.8. The minimum absolute atomic E-state index is 0.0551. The summed E-state index contributed by atoms with van der Waals surface area (Å²) < 4.78 is 28.1. The second kappa shape index (κ2) is 9.69. The fourth-order valence-corrected chi connectivity index (χ4v) is 5.67. The lowest BCUT2D eigenvalue weighted by atomic mass is 9.87. The maximum absolute atomic E-state index is 13.0. The Morgan fingerprint density at radius 1 is 1.11 bits per heavy atom. The number of urea groups is 1. The summed E-state index contributed by atoms with van der Waals surface area (Å²) in [5.41, 5.74) is 0.114. The SMILES string of the molecule is CC1CCC(NC(=O)NS(=O)(=O)c2cccc(C(C)(C=O)N3CNC(=O)c4ccccc43)c2)CC1. The second-order valence-corrected chi connectivity index (χ2v) is 11.1. The van der Waals surface area contributed by atoms with E-state index in [9.17, 15) is 22.8 Å². The van der Waals surface area contributed by atoms with Crippen LogP contribution in [0.3, 0.4) is 0 Å². The molecule has 1 atom stereocenters. The van der Waals surface area contributed by atoms with Crippen LogP contribution in [-0.4, -0.2) is 39.4 Å². The number of rotatable bonds is 6. The van der Waals surface area contributed by atoms with Crippen molar-refractivity contribution in [1.29, 1.82) is 0 Å². The van der Waals surface area contributed by atoms with Gasteiger partial charge in [-0.3, -0.25) is 4.79 Å². The first-order chi connectivity index (χ1) is 16.6. The van der Waals surface area contributed by atoms with Crippen LogP contribution in [0.1, 0.15) is 55.5 Å². The van der Waals surface area contributed by atoms with Crippen LogP contribution in [0.4, 0.5) is 10.5 Å². The number of benzene rings is 2. The summed E-state index contributed by atoms with van der Waals surface area (Å²) in [5, 5.41) is 5.51. The molecular weight excluding hydrogens is 468 g/mol. The fourth-order valence-electron chi connectivity index (χ4n) is 4.71. The first kappa shape index (κ1) is 24.7. The lowest BCUT2D eigenvalue weighted by Crippen LogP contribution is -2.54. The van der Waals surface area contributed by atoms with Gasteiger partial charge in [0.05, 0.1) is 22.8 Å². The highest BCUT2D eigenvalue weighted by atomic mass is 32.2. The highest BCUT2D eigenvalue weighted by Crippen LogP contribution is 2.35. The lowest BCUT2D eigenvalue weighted by Gasteiger charge is -2.42. The molecule has 3 amide bonds. The van der Waals surface area contributed by atoms with E-state index in [0.29, 0.717) is 22.7 Å². The van der Waals surface area contributed by atoms with Crippen LogP contribution < -0.4 is 20.3 Å². The van der Waals surface area contributed by atoms with E-state index in [1.807, 2.05) is 0 Å². The molecule has 186 valence electrons. The molecule has 1 fully saturated rings. The third-order valence-electron chi connectivity index (χ3n) is 6.93. The van der Waals surface area contributed by atoms with Crippen molar-refractivity contribution in [1.82, 2.24) is 15.4 Å². The minimum atomic E-state index is -4.18. The van der Waals surface area contributed by atoms with Crippen LogP contribution in [-0.2, 0) is 20.4 Å².